The summed E-state index contributed by atoms with van der Waals surface area (Å²) in [6, 6.07) is 0. The first-order chi connectivity index (χ1) is 5.95. The Bertz CT molecular complexity index is 182. The molecule has 76 valence electrons. The highest BCUT2D eigenvalue weighted by Gasteiger charge is 2.08. The van der Waals surface area contributed by atoms with E-state index in [4.69, 9.17) is 4.74 Å². The predicted octanol–water partition coefficient (Wildman–Crippen LogP) is 1.05. The molecular weight excluding hydrogens is 170 g/mol. The lowest BCUT2D eigenvalue weighted by Gasteiger charge is -2.18. The van der Waals surface area contributed by atoms with Gasteiger partial charge in [0.1, 0.15) is 6.21 Å². The van der Waals surface area contributed by atoms with Gasteiger partial charge in [-0.3, -0.25) is 4.99 Å². The van der Waals surface area contributed by atoms with E-state index in [2.05, 4.69) is 9.73 Å². The maximum absolute atomic E-state index is 10.6. The highest BCUT2D eigenvalue weighted by Crippen LogP contribution is 2.05. The number of ether oxygens (including phenoxy) is 2. The minimum atomic E-state index is -0.434. The number of nitrogens with zero attached hydrogens (tertiary/aromatic N) is 1. The van der Waals surface area contributed by atoms with Crippen LogP contribution in [0.15, 0.2) is 4.99 Å². The van der Waals surface area contributed by atoms with E-state index < -0.39 is 5.97 Å². The second kappa shape index (κ2) is 5.70. The minimum absolute atomic E-state index is 0.152. The summed E-state index contributed by atoms with van der Waals surface area (Å²) in [5, 5.41) is 0. The molecule has 4 heteroatoms. The third-order valence-corrected chi connectivity index (χ3v) is 1.15. The molecule has 4 nitrogen and oxygen atoms in total. The standard InChI is InChI=1S/C9H17NO3/c1-9(2,3)13-6-5-10-7-8(11)12-4/h7H,5-6H2,1-4H3. The van der Waals surface area contributed by atoms with Crippen molar-refractivity contribution in [3.05, 3.63) is 0 Å². The van der Waals surface area contributed by atoms with Crippen LogP contribution in [0.2, 0.25) is 0 Å². The van der Waals surface area contributed by atoms with Crippen molar-refractivity contribution in [2.75, 3.05) is 20.3 Å². The third kappa shape index (κ3) is 9.01. The van der Waals surface area contributed by atoms with E-state index in [-0.39, 0.29) is 5.60 Å². The van der Waals surface area contributed by atoms with Gasteiger partial charge in [-0.25, -0.2) is 4.79 Å². The molecule has 0 spiro atoms. The molecule has 0 aromatic heterocycles. The quantitative estimate of drug-likeness (QED) is 0.375. The van der Waals surface area contributed by atoms with Gasteiger partial charge in [-0.15, -0.1) is 0 Å². The Labute approximate surface area is 78.9 Å². The van der Waals surface area contributed by atoms with Crippen molar-refractivity contribution in [3.8, 4) is 0 Å². The molecular formula is C9H17NO3. The maximum atomic E-state index is 10.6. The van der Waals surface area contributed by atoms with Gasteiger partial charge in [0.05, 0.1) is 25.9 Å². The van der Waals surface area contributed by atoms with Crippen LogP contribution in [0.3, 0.4) is 0 Å². The van der Waals surface area contributed by atoms with Crippen LogP contribution in [0.1, 0.15) is 20.8 Å². The summed E-state index contributed by atoms with van der Waals surface area (Å²) < 4.78 is 9.75. The zero-order valence-electron chi connectivity index (χ0n) is 8.66. The molecule has 0 aliphatic rings. The summed E-state index contributed by atoms with van der Waals surface area (Å²) in [5.41, 5.74) is -0.152. The topological polar surface area (TPSA) is 47.9 Å². The molecule has 13 heavy (non-hydrogen) atoms. The number of carbonyl (C=O) groups is 1. The summed E-state index contributed by atoms with van der Waals surface area (Å²) in [6.07, 6.45) is 1.16. The fourth-order valence-electron chi connectivity index (χ4n) is 0.596. The normalized spacial score (nSPS) is 12.0. The molecule has 0 fully saturated rings. The lowest BCUT2D eigenvalue weighted by atomic mass is 10.2. The first-order valence-corrected chi connectivity index (χ1v) is 4.17. The minimum Gasteiger partial charge on any atom is -0.465 e. The summed E-state index contributed by atoms with van der Waals surface area (Å²) in [4.78, 5) is 14.4. The van der Waals surface area contributed by atoms with Crippen molar-refractivity contribution in [3.63, 3.8) is 0 Å². The monoisotopic (exact) mass is 187 g/mol. The van der Waals surface area contributed by atoms with E-state index in [0.29, 0.717) is 13.2 Å². The maximum Gasteiger partial charge on any atom is 0.348 e. The van der Waals surface area contributed by atoms with E-state index in [9.17, 15) is 4.79 Å². The fourth-order valence-corrected chi connectivity index (χ4v) is 0.596. The van der Waals surface area contributed by atoms with Crippen LogP contribution in [0.25, 0.3) is 0 Å². The SMILES string of the molecule is COC(=O)C=NCCOC(C)(C)C. The van der Waals surface area contributed by atoms with Gasteiger partial charge in [0, 0.05) is 0 Å². The number of aliphatic imine (C=N–C) groups is 1. The Morgan fingerprint density at radius 3 is 2.54 bits per heavy atom. The number of hydrogen-bond acceptors (Lipinski definition) is 4. The Morgan fingerprint density at radius 2 is 2.08 bits per heavy atom. The van der Waals surface area contributed by atoms with Crippen LogP contribution in [0, 0.1) is 0 Å². The molecule has 0 N–H and O–H groups in total. The lowest BCUT2D eigenvalue weighted by Crippen LogP contribution is -2.20. The predicted molar refractivity (Wildman–Crippen MR) is 51.1 cm³/mol. The zero-order chi connectivity index (χ0) is 10.3. The summed E-state index contributed by atoms with van der Waals surface area (Å²) >= 11 is 0. The molecule has 0 aromatic carbocycles. The van der Waals surface area contributed by atoms with E-state index in [0.717, 1.165) is 6.21 Å². The molecule has 0 unspecified atom stereocenters. The Kier molecular flexibility index (Phi) is 5.30. The van der Waals surface area contributed by atoms with Gasteiger partial charge in [-0.05, 0) is 20.8 Å². The molecule has 0 bridgehead atoms. The number of hydrogen-bond donors (Lipinski definition) is 0. The molecule has 0 amide bonds. The Morgan fingerprint density at radius 1 is 1.46 bits per heavy atom. The largest absolute Gasteiger partial charge is 0.465 e. The van der Waals surface area contributed by atoms with E-state index >= 15 is 0 Å². The average molecular weight is 187 g/mol. The van der Waals surface area contributed by atoms with Crippen LogP contribution < -0.4 is 0 Å². The number of carbonyl (C=O) groups excluding carboxylic acids is 1. The molecule has 0 atom stereocenters. The van der Waals surface area contributed by atoms with Crippen molar-refractivity contribution in [2.24, 2.45) is 4.99 Å². The van der Waals surface area contributed by atoms with Crippen LogP contribution in [-0.2, 0) is 14.3 Å². The van der Waals surface area contributed by atoms with Crippen molar-refractivity contribution in [1.29, 1.82) is 0 Å². The average Bonchev–Trinajstić information content (AvgIpc) is 2.01. The first kappa shape index (κ1) is 12.1. The molecule has 0 aliphatic heterocycles. The number of methoxy groups -OCH3 is 1. The second-order valence-corrected chi connectivity index (χ2v) is 3.52. The Balaban J connectivity index is 3.46. The lowest BCUT2D eigenvalue weighted by molar-refractivity contribution is -0.132. The molecule has 0 aliphatic carbocycles. The van der Waals surface area contributed by atoms with Crippen LogP contribution in [0.5, 0.6) is 0 Å². The van der Waals surface area contributed by atoms with Gasteiger partial charge in [0.25, 0.3) is 0 Å². The van der Waals surface area contributed by atoms with Crippen LogP contribution >= 0.6 is 0 Å². The zero-order valence-corrected chi connectivity index (χ0v) is 8.66. The summed E-state index contributed by atoms with van der Waals surface area (Å²) in [6.45, 7) is 6.90. The number of rotatable bonds is 4. The molecule has 0 radical (unpaired) electrons. The smallest absolute Gasteiger partial charge is 0.348 e. The molecule has 0 heterocycles. The highest BCUT2D eigenvalue weighted by atomic mass is 16.5. The van der Waals surface area contributed by atoms with Gasteiger partial charge in [-0.1, -0.05) is 0 Å². The van der Waals surface area contributed by atoms with E-state index in [1.54, 1.807) is 0 Å². The van der Waals surface area contributed by atoms with Gasteiger partial charge in [-0.2, -0.15) is 0 Å². The summed E-state index contributed by atoms with van der Waals surface area (Å²) in [7, 11) is 1.32. The van der Waals surface area contributed by atoms with Gasteiger partial charge < -0.3 is 9.47 Å². The third-order valence-electron chi connectivity index (χ3n) is 1.15. The van der Waals surface area contributed by atoms with Crippen molar-refractivity contribution < 1.29 is 14.3 Å². The van der Waals surface area contributed by atoms with Crippen molar-refractivity contribution in [1.82, 2.24) is 0 Å². The molecule has 0 saturated heterocycles. The van der Waals surface area contributed by atoms with Crippen LogP contribution in [0.4, 0.5) is 0 Å². The van der Waals surface area contributed by atoms with E-state index in [1.165, 1.54) is 7.11 Å². The fraction of sp³-hybridized carbons (Fsp3) is 0.778. The molecule has 0 saturated carbocycles. The summed E-state index contributed by atoms with van der Waals surface area (Å²) in [5.74, 6) is -0.434. The number of esters is 1. The van der Waals surface area contributed by atoms with Crippen LogP contribution in [-0.4, -0.2) is 38.0 Å². The highest BCUT2D eigenvalue weighted by molar-refractivity contribution is 6.23. The van der Waals surface area contributed by atoms with Gasteiger partial charge in [0.2, 0.25) is 0 Å². The first-order valence-electron chi connectivity index (χ1n) is 4.17. The van der Waals surface area contributed by atoms with Crippen molar-refractivity contribution in [2.45, 2.75) is 26.4 Å². The van der Waals surface area contributed by atoms with Gasteiger partial charge in [0.15, 0.2) is 0 Å². The second-order valence-electron chi connectivity index (χ2n) is 3.52. The molecule has 0 rings (SSSR count). The van der Waals surface area contributed by atoms with E-state index in [1.807, 2.05) is 20.8 Å². The van der Waals surface area contributed by atoms with Gasteiger partial charge >= 0.3 is 5.97 Å². The molecule has 0 aromatic rings. The Hall–Kier alpha value is -0.900. The van der Waals surface area contributed by atoms with Crippen molar-refractivity contribution >= 4 is 12.2 Å².